The van der Waals surface area contributed by atoms with Gasteiger partial charge in [-0.15, -0.1) is 0 Å². The Balaban J connectivity index is 1.58. The fourth-order valence-electron chi connectivity index (χ4n) is 3.04. The molecule has 1 N–H and O–H groups in total. The number of nitrogens with one attached hydrogen (secondary N) is 1. The van der Waals surface area contributed by atoms with Crippen molar-refractivity contribution in [1.82, 2.24) is 15.1 Å². The van der Waals surface area contributed by atoms with Crippen molar-refractivity contribution in [2.75, 3.05) is 40.3 Å². The number of piperidine rings is 1. The fourth-order valence-corrected chi connectivity index (χ4v) is 3.04. The van der Waals surface area contributed by atoms with Crippen LogP contribution < -0.4 is 5.32 Å². The van der Waals surface area contributed by atoms with Gasteiger partial charge in [0.25, 0.3) is 0 Å². The first-order valence-corrected chi connectivity index (χ1v) is 7.98. The molecule has 0 aromatic heterocycles. The number of urea groups is 1. The van der Waals surface area contributed by atoms with Crippen molar-refractivity contribution in [3.63, 3.8) is 0 Å². The lowest BCUT2D eigenvalue weighted by molar-refractivity contribution is 0.0109. The van der Waals surface area contributed by atoms with Crippen LogP contribution in [-0.2, 0) is 4.74 Å². The third-order valence-corrected chi connectivity index (χ3v) is 4.32. The fraction of sp³-hybridized carbons (Fsp3) is 0.933. The number of hydrogen-bond donors (Lipinski definition) is 1. The second-order valence-electron chi connectivity index (χ2n) is 6.17. The molecule has 5 heteroatoms. The summed E-state index contributed by atoms with van der Waals surface area (Å²) in [4.78, 5) is 15.4. The van der Waals surface area contributed by atoms with E-state index in [4.69, 9.17) is 4.74 Å². The Morgan fingerprint density at radius 3 is 2.60 bits per heavy atom. The molecule has 0 aromatic rings. The topological polar surface area (TPSA) is 44.8 Å². The summed E-state index contributed by atoms with van der Waals surface area (Å²) in [5, 5.41) is 3.63. The molecule has 2 aliphatic rings. The first kappa shape index (κ1) is 15.6. The number of ether oxygens (including phenoxy) is 1. The van der Waals surface area contributed by atoms with E-state index >= 15 is 0 Å². The average Bonchev–Trinajstić information content (AvgIpc) is 2.48. The maximum atomic E-state index is 11.8. The van der Waals surface area contributed by atoms with Crippen LogP contribution >= 0.6 is 0 Å². The van der Waals surface area contributed by atoms with Gasteiger partial charge in [-0.25, -0.2) is 4.79 Å². The van der Waals surface area contributed by atoms with Crippen LogP contribution in [0, 0.1) is 0 Å². The SMILES string of the molecule is CN(C)C(=O)N1CCC(NCCC2CCCCO2)CC1. The van der Waals surface area contributed by atoms with Gasteiger partial charge in [0.2, 0.25) is 0 Å². The molecule has 1 unspecified atom stereocenters. The molecule has 2 aliphatic heterocycles. The first-order valence-electron chi connectivity index (χ1n) is 7.98. The van der Waals surface area contributed by atoms with Gasteiger partial charge in [0.1, 0.15) is 0 Å². The summed E-state index contributed by atoms with van der Waals surface area (Å²) < 4.78 is 5.74. The van der Waals surface area contributed by atoms with Crippen LogP contribution in [0.3, 0.4) is 0 Å². The minimum absolute atomic E-state index is 0.138. The van der Waals surface area contributed by atoms with E-state index in [0.717, 1.165) is 45.5 Å². The lowest BCUT2D eigenvalue weighted by Crippen LogP contribution is -2.48. The molecule has 0 aromatic carbocycles. The highest BCUT2D eigenvalue weighted by Gasteiger charge is 2.23. The Morgan fingerprint density at radius 2 is 2.00 bits per heavy atom. The molecule has 0 saturated carbocycles. The summed E-state index contributed by atoms with van der Waals surface area (Å²) in [5.74, 6) is 0. The summed E-state index contributed by atoms with van der Waals surface area (Å²) >= 11 is 0. The van der Waals surface area contributed by atoms with Gasteiger partial charge in [-0.3, -0.25) is 0 Å². The molecule has 5 nitrogen and oxygen atoms in total. The van der Waals surface area contributed by atoms with E-state index in [-0.39, 0.29) is 6.03 Å². The van der Waals surface area contributed by atoms with Crippen molar-refractivity contribution in [2.24, 2.45) is 0 Å². The zero-order valence-electron chi connectivity index (χ0n) is 12.9. The number of hydrogen-bond acceptors (Lipinski definition) is 3. The third kappa shape index (κ3) is 4.63. The predicted octanol–water partition coefficient (Wildman–Crippen LogP) is 1.68. The van der Waals surface area contributed by atoms with E-state index in [1.165, 1.54) is 19.3 Å². The summed E-state index contributed by atoms with van der Waals surface area (Å²) in [5.41, 5.74) is 0. The minimum Gasteiger partial charge on any atom is -0.378 e. The second kappa shape index (κ2) is 7.84. The van der Waals surface area contributed by atoms with Crippen molar-refractivity contribution in [3.05, 3.63) is 0 Å². The van der Waals surface area contributed by atoms with Gasteiger partial charge in [-0.2, -0.15) is 0 Å². The lowest BCUT2D eigenvalue weighted by atomic mass is 10.0. The quantitative estimate of drug-likeness (QED) is 0.854. The van der Waals surface area contributed by atoms with Gasteiger partial charge in [-0.05, 0) is 45.1 Å². The molecular weight excluding hydrogens is 254 g/mol. The lowest BCUT2D eigenvalue weighted by Gasteiger charge is -2.34. The van der Waals surface area contributed by atoms with E-state index in [0.29, 0.717) is 12.1 Å². The molecule has 116 valence electrons. The molecule has 0 bridgehead atoms. The minimum atomic E-state index is 0.138. The highest BCUT2D eigenvalue weighted by atomic mass is 16.5. The van der Waals surface area contributed by atoms with Crippen LogP contribution in [0.2, 0.25) is 0 Å². The van der Waals surface area contributed by atoms with Crippen LogP contribution in [0.1, 0.15) is 38.5 Å². The monoisotopic (exact) mass is 283 g/mol. The summed E-state index contributed by atoms with van der Waals surface area (Å²) in [7, 11) is 3.63. The van der Waals surface area contributed by atoms with Crippen LogP contribution in [0.25, 0.3) is 0 Å². The number of rotatable bonds is 4. The zero-order chi connectivity index (χ0) is 14.4. The zero-order valence-corrected chi connectivity index (χ0v) is 12.9. The first-order chi connectivity index (χ1) is 9.66. The van der Waals surface area contributed by atoms with Gasteiger partial charge in [0.15, 0.2) is 0 Å². The van der Waals surface area contributed by atoms with Crippen LogP contribution in [0.15, 0.2) is 0 Å². The molecule has 2 saturated heterocycles. The third-order valence-electron chi connectivity index (χ3n) is 4.32. The number of amides is 2. The van der Waals surface area contributed by atoms with Crippen LogP contribution in [-0.4, -0.2) is 68.3 Å². The Morgan fingerprint density at radius 1 is 1.25 bits per heavy atom. The van der Waals surface area contributed by atoms with Crippen molar-refractivity contribution >= 4 is 6.03 Å². The highest BCUT2D eigenvalue weighted by Crippen LogP contribution is 2.16. The van der Waals surface area contributed by atoms with Crippen molar-refractivity contribution in [1.29, 1.82) is 0 Å². The normalized spacial score (nSPS) is 24.7. The summed E-state index contributed by atoms with van der Waals surface area (Å²) in [6, 6.07) is 0.698. The van der Waals surface area contributed by atoms with Crippen molar-refractivity contribution in [3.8, 4) is 0 Å². The molecule has 2 heterocycles. The maximum absolute atomic E-state index is 11.8. The van der Waals surface area contributed by atoms with E-state index in [1.54, 1.807) is 4.90 Å². The summed E-state index contributed by atoms with van der Waals surface area (Å²) in [6.07, 6.45) is 7.47. The van der Waals surface area contributed by atoms with E-state index in [2.05, 4.69) is 5.32 Å². The Bertz CT molecular complexity index is 295. The molecule has 0 aliphatic carbocycles. The molecule has 2 amide bonds. The smallest absolute Gasteiger partial charge is 0.319 e. The molecule has 2 rings (SSSR count). The van der Waals surface area contributed by atoms with Gasteiger partial charge >= 0.3 is 6.03 Å². The molecule has 2 fully saturated rings. The van der Waals surface area contributed by atoms with Gasteiger partial charge in [0, 0.05) is 39.8 Å². The maximum Gasteiger partial charge on any atom is 0.319 e. The number of carbonyl (C=O) groups excluding carboxylic acids is 1. The average molecular weight is 283 g/mol. The van der Waals surface area contributed by atoms with Gasteiger partial charge < -0.3 is 19.9 Å². The van der Waals surface area contributed by atoms with Crippen LogP contribution in [0.4, 0.5) is 4.79 Å². The van der Waals surface area contributed by atoms with E-state index in [9.17, 15) is 4.79 Å². The molecule has 20 heavy (non-hydrogen) atoms. The number of likely N-dealkylation sites (tertiary alicyclic amines) is 1. The largest absolute Gasteiger partial charge is 0.378 e. The molecule has 0 radical (unpaired) electrons. The van der Waals surface area contributed by atoms with Gasteiger partial charge in [0.05, 0.1) is 6.10 Å². The number of nitrogens with zero attached hydrogens (tertiary/aromatic N) is 2. The predicted molar refractivity (Wildman–Crippen MR) is 79.9 cm³/mol. The molecule has 1 atom stereocenters. The van der Waals surface area contributed by atoms with Crippen LogP contribution in [0.5, 0.6) is 0 Å². The van der Waals surface area contributed by atoms with Gasteiger partial charge in [-0.1, -0.05) is 0 Å². The van der Waals surface area contributed by atoms with Crippen molar-refractivity contribution < 1.29 is 9.53 Å². The Kier molecular flexibility index (Phi) is 6.10. The number of carbonyl (C=O) groups is 1. The Labute approximate surface area is 122 Å². The standard InChI is InChI=1S/C15H29N3O2/c1-17(2)15(19)18-10-7-13(8-11-18)16-9-6-14-5-3-4-12-20-14/h13-14,16H,3-12H2,1-2H3. The van der Waals surface area contributed by atoms with E-state index < -0.39 is 0 Å². The second-order valence-corrected chi connectivity index (χ2v) is 6.17. The molecule has 0 spiro atoms. The summed E-state index contributed by atoms with van der Waals surface area (Å²) in [6.45, 7) is 3.72. The molecular formula is C15H29N3O2. The van der Waals surface area contributed by atoms with Crippen molar-refractivity contribution in [2.45, 2.75) is 50.7 Å². The highest BCUT2D eigenvalue weighted by molar-refractivity contribution is 5.73. The van der Waals surface area contributed by atoms with E-state index in [1.807, 2.05) is 19.0 Å². The Hall–Kier alpha value is -0.810.